The number of ether oxygens (including phenoxy) is 2. The van der Waals surface area contributed by atoms with Crippen LogP contribution in [-0.4, -0.2) is 18.8 Å². The minimum absolute atomic E-state index is 0.105. The van der Waals surface area contributed by atoms with Crippen LogP contribution >= 0.6 is 15.9 Å². The van der Waals surface area contributed by atoms with Gasteiger partial charge in [0.15, 0.2) is 0 Å². The third-order valence-electron chi connectivity index (χ3n) is 2.15. The number of carbonyl (C=O) groups is 1. The summed E-state index contributed by atoms with van der Waals surface area (Å²) in [5, 5.41) is 0. The molecule has 0 aliphatic carbocycles. The summed E-state index contributed by atoms with van der Waals surface area (Å²) in [5.74, 6) is -0.527. The summed E-state index contributed by atoms with van der Waals surface area (Å²) >= 11 is 3.03. The summed E-state index contributed by atoms with van der Waals surface area (Å²) in [5.41, 5.74) is 0.105. The van der Waals surface area contributed by atoms with E-state index in [4.69, 9.17) is 4.74 Å². The Morgan fingerprint density at radius 2 is 2.05 bits per heavy atom. The number of benzene rings is 1. The van der Waals surface area contributed by atoms with E-state index in [9.17, 15) is 18.0 Å². The predicted octanol–water partition coefficient (Wildman–Crippen LogP) is 4.01. The Balaban J connectivity index is 3.18. The van der Waals surface area contributed by atoms with Crippen LogP contribution in [0.3, 0.4) is 0 Å². The monoisotopic (exact) mass is 340 g/mol. The van der Waals surface area contributed by atoms with Crippen molar-refractivity contribution in [2.75, 3.05) is 6.61 Å². The molecule has 106 valence electrons. The van der Waals surface area contributed by atoms with Crippen molar-refractivity contribution in [2.45, 2.75) is 25.0 Å². The Labute approximate surface area is 116 Å². The lowest BCUT2D eigenvalue weighted by molar-refractivity contribution is -0.274. The first-order valence-electron chi connectivity index (χ1n) is 5.41. The SMILES string of the molecule is CCOc1ccc(C(Br)C(C)=O)c(OC(F)(F)F)c1. The first-order valence-corrected chi connectivity index (χ1v) is 6.33. The molecule has 1 aromatic rings. The van der Waals surface area contributed by atoms with Crippen molar-refractivity contribution in [1.29, 1.82) is 0 Å². The Kier molecular flexibility index (Phi) is 5.22. The molecule has 0 aromatic heterocycles. The maximum absolute atomic E-state index is 12.3. The number of hydrogen-bond acceptors (Lipinski definition) is 3. The molecule has 1 unspecified atom stereocenters. The van der Waals surface area contributed by atoms with Crippen LogP contribution in [0.1, 0.15) is 24.2 Å². The molecule has 0 saturated carbocycles. The summed E-state index contributed by atoms with van der Waals surface area (Å²) in [6, 6.07) is 3.97. The quantitative estimate of drug-likeness (QED) is 0.759. The highest BCUT2D eigenvalue weighted by molar-refractivity contribution is 9.09. The molecule has 1 aromatic carbocycles. The molecule has 0 aliphatic heterocycles. The molecule has 0 fully saturated rings. The second-order valence-electron chi connectivity index (χ2n) is 3.65. The molecule has 3 nitrogen and oxygen atoms in total. The van der Waals surface area contributed by atoms with Gasteiger partial charge in [-0.3, -0.25) is 4.79 Å². The number of rotatable bonds is 5. The summed E-state index contributed by atoms with van der Waals surface area (Å²) in [4.78, 5) is 10.4. The van der Waals surface area contributed by atoms with Gasteiger partial charge in [0.25, 0.3) is 0 Å². The van der Waals surface area contributed by atoms with Crippen LogP contribution in [0.5, 0.6) is 11.5 Å². The lowest BCUT2D eigenvalue weighted by Crippen LogP contribution is -2.19. The van der Waals surface area contributed by atoms with Gasteiger partial charge in [-0.1, -0.05) is 22.0 Å². The van der Waals surface area contributed by atoms with Gasteiger partial charge in [0.1, 0.15) is 22.1 Å². The molecule has 0 bridgehead atoms. The summed E-state index contributed by atoms with van der Waals surface area (Å²) in [6.45, 7) is 3.30. The van der Waals surface area contributed by atoms with Gasteiger partial charge >= 0.3 is 6.36 Å². The third-order valence-corrected chi connectivity index (χ3v) is 3.29. The zero-order valence-electron chi connectivity index (χ0n) is 10.3. The molecule has 0 saturated heterocycles. The molecule has 0 radical (unpaired) electrons. The van der Waals surface area contributed by atoms with Gasteiger partial charge in [-0.25, -0.2) is 0 Å². The van der Waals surface area contributed by atoms with E-state index in [0.29, 0.717) is 6.61 Å². The Morgan fingerprint density at radius 3 is 2.53 bits per heavy atom. The molecule has 1 atom stereocenters. The van der Waals surface area contributed by atoms with E-state index in [-0.39, 0.29) is 17.1 Å². The van der Waals surface area contributed by atoms with Crippen molar-refractivity contribution in [2.24, 2.45) is 0 Å². The van der Waals surface area contributed by atoms with Crippen molar-refractivity contribution in [3.8, 4) is 11.5 Å². The molecule has 19 heavy (non-hydrogen) atoms. The minimum atomic E-state index is -4.83. The number of halogens is 4. The number of alkyl halides is 4. The maximum Gasteiger partial charge on any atom is 0.573 e. The standard InChI is InChI=1S/C12H12BrF3O3/c1-3-18-8-4-5-9(11(13)7(2)17)10(6-8)19-12(14,15)16/h4-6,11H,3H2,1-2H3. The van der Waals surface area contributed by atoms with Crippen LogP contribution in [0.2, 0.25) is 0 Å². The summed E-state index contributed by atoms with van der Waals surface area (Å²) in [7, 11) is 0. The van der Waals surface area contributed by atoms with E-state index in [0.717, 1.165) is 6.07 Å². The fraction of sp³-hybridized carbons (Fsp3) is 0.417. The fourth-order valence-electron chi connectivity index (χ4n) is 1.41. The van der Waals surface area contributed by atoms with Crippen molar-refractivity contribution >= 4 is 21.7 Å². The average Bonchev–Trinajstić information content (AvgIpc) is 2.26. The molecule has 0 aliphatic rings. The molecule has 0 N–H and O–H groups in total. The number of ketones is 1. The van der Waals surface area contributed by atoms with Gasteiger partial charge < -0.3 is 9.47 Å². The van der Waals surface area contributed by atoms with E-state index >= 15 is 0 Å². The second kappa shape index (κ2) is 6.27. The third kappa shape index (κ3) is 4.74. The molecule has 7 heteroatoms. The maximum atomic E-state index is 12.3. The van der Waals surface area contributed by atoms with Gasteiger partial charge in [0.05, 0.1) is 6.61 Å². The fourth-order valence-corrected chi connectivity index (χ4v) is 1.79. The van der Waals surface area contributed by atoms with Crippen LogP contribution in [0.25, 0.3) is 0 Å². The van der Waals surface area contributed by atoms with Crippen LogP contribution < -0.4 is 9.47 Å². The van der Waals surface area contributed by atoms with E-state index in [1.807, 2.05) is 0 Å². The van der Waals surface area contributed by atoms with Crippen LogP contribution in [0, 0.1) is 0 Å². The predicted molar refractivity (Wildman–Crippen MR) is 66.6 cm³/mol. The first kappa shape index (κ1) is 15.8. The van der Waals surface area contributed by atoms with Gasteiger partial charge in [0, 0.05) is 11.6 Å². The van der Waals surface area contributed by atoms with Crippen LogP contribution in [0.15, 0.2) is 18.2 Å². The van der Waals surface area contributed by atoms with Gasteiger partial charge in [-0.2, -0.15) is 0 Å². The Hall–Kier alpha value is -1.24. The Morgan fingerprint density at radius 1 is 1.42 bits per heavy atom. The highest BCUT2D eigenvalue weighted by Crippen LogP contribution is 2.37. The molecule has 0 amide bonds. The van der Waals surface area contributed by atoms with E-state index in [2.05, 4.69) is 20.7 Å². The number of Topliss-reactive ketones (excluding diaryl/α,β-unsaturated/α-hetero) is 1. The topological polar surface area (TPSA) is 35.5 Å². The molecule has 0 heterocycles. The number of hydrogen-bond donors (Lipinski definition) is 0. The van der Waals surface area contributed by atoms with Crippen LogP contribution in [-0.2, 0) is 4.79 Å². The van der Waals surface area contributed by atoms with Gasteiger partial charge in [0.2, 0.25) is 0 Å². The normalized spacial score (nSPS) is 12.9. The average molecular weight is 341 g/mol. The number of carbonyl (C=O) groups excluding carboxylic acids is 1. The highest BCUT2D eigenvalue weighted by atomic mass is 79.9. The summed E-state index contributed by atoms with van der Waals surface area (Å²) in [6.07, 6.45) is -4.83. The van der Waals surface area contributed by atoms with Crippen molar-refractivity contribution in [1.82, 2.24) is 0 Å². The largest absolute Gasteiger partial charge is 0.573 e. The molecular formula is C12H12BrF3O3. The molecule has 1 rings (SSSR count). The zero-order chi connectivity index (χ0) is 14.6. The van der Waals surface area contributed by atoms with Crippen molar-refractivity contribution < 1.29 is 27.4 Å². The van der Waals surface area contributed by atoms with Gasteiger partial charge in [-0.05, 0) is 19.9 Å². The minimum Gasteiger partial charge on any atom is -0.494 e. The molecular weight excluding hydrogens is 329 g/mol. The second-order valence-corrected chi connectivity index (χ2v) is 4.57. The Bertz CT molecular complexity index is 460. The highest BCUT2D eigenvalue weighted by Gasteiger charge is 2.33. The van der Waals surface area contributed by atoms with E-state index in [1.54, 1.807) is 6.92 Å². The van der Waals surface area contributed by atoms with Crippen LogP contribution in [0.4, 0.5) is 13.2 Å². The first-order chi connectivity index (χ1) is 8.74. The zero-order valence-corrected chi connectivity index (χ0v) is 11.8. The van der Waals surface area contributed by atoms with Crippen molar-refractivity contribution in [3.05, 3.63) is 23.8 Å². The van der Waals surface area contributed by atoms with E-state index in [1.165, 1.54) is 19.1 Å². The lowest BCUT2D eigenvalue weighted by Gasteiger charge is -2.16. The lowest BCUT2D eigenvalue weighted by atomic mass is 10.1. The molecule has 0 spiro atoms. The van der Waals surface area contributed by atoms with E-state index < -0.39 is 16.9 Å². The summed E-state index contributed by atoms with van der Waals surface area (Å²) < 4.78 is 46.1. The van der Waals surface area contributed by atoms with Crippen molar-refractivity contribution in [3.63, 3.8) is 0 Å². The smallest absolute Gasteiger partial charge is 0.494 e. The van der Waals surface area contributed by atoms with Gasteiger partial charge in [-0.15, -0.1) is 13.2 Å².